The van der Waals surface area contributed by atoms with Crippen LogP contribution in [0.4, 0.5) is 33.5 Å². The first-order valence-electron chi connectivity index (χ1n) is 11.8. The maximum absolute atomic E-state index is 13.1. The molecule has 9 nitrogen and oxygen atoms in total. The number of aromatic nitrogens is 2. The minimum Gasteiger partial charge on any atom is -0.487 e. The lowest BCUT2D eigenvalue weighted by Gasteiger charge is -2.26. The summed E-state index contributed by atoms with van der Waals surface area (Å²) in [5.74, 6) is -2.86. The average molecular weight is 600 g/mol. The number of nitrogens with one attached hydrogen (secondary N) is 3. The highest BCUT2D eigenvalue weighted by atomic mass is 35.5. The number of anilines is 2. The molecule has 0 aliphatic heterocycles. The number of alkyl halides is 5. The minimum atomic E-state index is -4.77. The van der Waals surface area contributed by atoms with Crippen LogP contribution >= 0.6 is 11.6 Å². The first-order chi connectivity index (χ1) is 19.2. The molecule has 0 saturated carbocycles. The second-order valence-corrected chi connectivity index (χ2v) is 9.44. The molecular weight excluding hydrogens is 577 g/mol. The highest BCUT2D eigenvalue weighted by Crippen LogP contribution is 2.37. The number of amides is 3. The quantitative estimate of drug-likeness (QED) is 0.265. The van der Waals surface area contributed by atoms with E-state index in [1.165, 1.54) is 55.0 Å². The van der Waals surface area contributed by atoms with Crippen LogP contribution in [-0.4, -0.2) is 46.9 Å². The molecule has 0 aliphatic carbocycles. The summed E-state index contributed by atoms with van der Waals surface area (Å²) in [4.78, 5) is 45.6. The van der Waals surface area contributed by atoms with E-state index in [0.29, 0.717) is 0 Å². The van der Waals surface area contributed by atoms with Crippen molar-refractivity contribution in [2.24, 2.45) is 5.41 Å². The van der Waals surface area contributed by atoms with Crippen LogP contribution < -0.4 is 20.7 Å². The molecule has 0 radical (unpaired) electrons. The van der Waals surface area contributed by atoms with Crippen molar-refractivity contribution in [3.05, 3.63) is 76.7 Å². The van der Waals surface area contributed by atoms with Gasteiger partial charge in [0.05, 0.1) is 16.1 Å². The van der Waals surface area contributed by atoms with Crippen LogP contribution in [0.1, 0.15) is 40.1 Å². The molecule has 0 fully saturated rings. The Morgan fingerprint density at radius 3 is 2.32 bits per heavy atom. The Morgan fingerprint density at radius 2 is 1.68 bits per heavy atom. The van der Waals surface area contributed by atoms with Gasteiger partial charge in [-0.1, -0.05) is 17.7 Å². The lowest BCUT2D eigenvalue weighted by Crippen LogP contribution is -2.46. The maximum Gasteiger partial charge on any atom is 0.402 e. The van der Waals surface area contributed by atoms with Crippen LogP contribution in [0, 0.1) is 5.41 Å². The fraction of sp³-hybridized carbons (Fsp3) is 0.269. The highest BCUT2D eigenvalue weighted by Gasteiger charge is 2.52. The van der Waals surface area contributed by atoms with Crippen LogP contribution in [0.2, 0.25) is 5.02 Å². The van der Waals surface area contributed by atoms with Gasteiger partial charge in [0, 0.05) is 18.4 Å². The lowest BCUT2D eigenvalue weighted by molar-refractivity contribution is -0.211. The molecule has 0 bridgehead atoms. The molecule has 3 amide bonds. The largest absolute Gasteiger partial charge is 0.487 e. The van der Waals surface area contributed by atoms with Gasteiger partial charge in [0.25, 0.3) is 18.2 Å². The van der Waals surface area contributed by atoms with Gasteiger partial charge in [0.15, 0.2) is 0 Å². The van der Waals surface area contributed by atoms with E-state index >= 15 is 0 Å². The summed E-state index contributed by atoms with van der Waals surface area (Å²) in [5, 5.41) is 7.16. The standard InChI is InChI=1S/C26H23ClF5N5O4/c1-25(2,26(30,31)32)24(40)34-11-14-3-5-18(27)16(9-14)22(38)36-15-4-6-19(41-12-20(28)29)17(10-15)23(39)37-21-7-8-33-13-35-21/h3-10,13,20H,11-12H2,1-2H3,(H,34,40)(H,36,38)(H,33,35,37,39). The maximum atomic E-state index is 13.1. The molecule has 15 heteroatoms. The number of ether oxygens (including phenoxy) is 1. The molecule has 218 valence electrons. The molecule has 3 aromatic rings. The van der Waals surface area contributed by atoms with Gasteiger partial charge < -0.3 is 20.7 Å². The first-order valence-corrected chi connectivity index (χ1v) is 12.1. The Balaban J connectivity index is 1.80. The summed E-state index contributed by atoms with van der Waals surface area (Å²) in [6.07, 6.45) is -5.03. The number of carbonyl (C=O) groups is 3. The van der Waals surface area contributed by atoms with E-state index in [4.69, 9.17) is 16.3 Å². The number of benzene rings is 2. The predicted octanol–water partition coefficient (Wildman–Crippen LogP) is 5.48. The van der Waals surface area contributed by atoms with Crippen molar-refractivity contribution in [3.63, 3.8) is 0 Å². The summed E-state index contributed by atoms with van der Waals surface area (Å²) >= 11 is 6.16. The summed E-state index contributed by atoms with van der Waals surface area (Å²) in [5.41, 5.74) is -2.57. The molecule has 0 saturated heterocycles. The normalized spacial score (nSPS) is 11.6. The molecule has 0 atom stereocenters. The molecule has 3 rings (SSSR count). The second kappa shape index (κ2) is 12.9. The number of hydrogen-bond acceptors (Lipinski definition) is 6. The monoisotopic (exact) mass is 599 g/mol. The molecule has 2 aromatic carbocycles. The molecule has 41 heavy (non-hydrogen) atoms. The van der Waals surface area contributed by atoms with Gasteiger partial charge in [-0.25, -0.2) is 18.7 Å². The third-order valence-corrected chi connectivity index (χ3v) is 6.00. The molecule has 1 heterocycles. The first kappa shape index (κ1) is 31.2. The molecule has 1 aromatic heterocycles. The molecule has 0 aliphatic rings. The summed E-state index contributed by atoms with van der Waals surface area (Å²) < 4.78 is 69.9. The topological polar surface area (TPSA) is 122 Å². The Morgan fingerprint density at radius 1 is 0.976 bits per heavy atom. The van der Waals surface area contributed by atoms with Crippen molar-refractivity contribution in [3.8, 4) is 5.75 Å². The van der Waals surface area contributed by atoms with Gasteiger partial charge in [-0.15, -0.1) is 0 Å². The summed E-state index contributed by atoms with van der Waals surface area (Å²) in [6.45, 7) is 0.182. The van der Waals surface area contributed by atoms with E-state index in [2.05, 4.69) is 25.9 Å². The van der Waals surface area contributed by atoms with E-state index in [1.807, 2.05) is 0 Å². The Bertz CT molecular complexity index is 1420. The van der Waals surface area contributed by atoms with E-state index in [9.17, 15) is 36.3 Å². The zero-order valence-corrected chi connectivity index (χ0v) is 22.2. The van der Waals surface area contributed by atoms with Crippen LogP contribution in [-0.2, 0) is 11.3 Å². The third kappa shape index (κ3) is 8.10. The van der Waals surface area contributed by atoms with E-state index < -0.39 is 42.3 Å². The van der Waals surface area contributed by atoms with Gasteiger partial charge in [0.2, 0.25) is 5.91 Å². The van der Waals surface area contributed by atoms with Gasteiger partial charge in [-0.2, -0.15) is 13.2 Å². The summed E-state index contributed by atoms with van der Waals surface area (Å²) in [7, 11) is 0. The lowest BCUT2D eigenvalue weighted by atomic mass is 9.91. The van der Waals surface area contributed by atoms with Crippen LogP contribution in [0.5, 0.6) is 5.75 Å². The number of carbonyl (C=O) groups excluding carboxylic acids is 3. The van der Waals surface area contributed by atoms with Crippen LogP contribution in [0.3, 0.4) is 0 Å². The fourth-order valence-electron chi connectivity index (χ4n) is 3.20. The number of halogens is 6. The molecule has 0 unspecified atom stereocenters. The van der Waals surface area contributed by atoms with Crippen LogP contribution in [0.15, 0.2) is 55.0 Å². The van der Waals surface area contributed by atoms with Crippen molar-refractivity contribution in [1.82, 2.24) is 15.3 Å². The highest BCUT2D eigenvalue weighted by molar-refractivity contribution is 6.34. The van der Waals surface area contributed by atoms with E-state index in [-0.39, 0.29) is 45.5 Å². The summed E-state index contributed by atoms with van der Waals surface area (Å²) in [6, 6.07) is 9.12. The van der Waals surface area contributed by atoms with Crippen molar-refractivity contribution < 1.29 is 41.1 Å². The van der Waals surface area contributed by atoms with Crippen molar-refractivity contribution >= 4 is 40.8 Å². The SMILES string of the molecule is CC(C)(C(=O)NCc1ccc(Cl)c(C(=O)Nc2ccc(OCC(F)F)c(C(=O)Nc3ccncn3)c2)c1)C(F)(F)F. The smallest absolute Gasteiger partial charge is 0.402 e. The third-order valence-electron chi connectivity index (χ3n) is 5.68. The van der Waals surface area contributed by atoms with Gasteiger partial charge in [0.1, 0.15) is 29.9 Å². The van der Waals surface area contributed by atoms with E-state index in [0.717, 1.165) is 13.8 Å². The van der Waals surface area contributed by atoms with Crippen molar-refractivity contribution in [2.75, 3.05) is 17.2 Å². The molecule has 3 N–H and O–H groups in total. The number of nitrogens with zero attached hydrogens (tertiary/aromatic N) is 2. The Hall–Kier alpha value is -4.33. The van der Waals surface area contributed by atoms with Crippen LogP contribution in [0.25, 0.3) is 0 Å². The molecular formula is C26H23ClF5N5O4. The average Bonchev–Trinajstić information content (AvgIpc) is 2.91. The predicted molar refractivity (Wildman–Crippen MR) is 139 cm³/mol. The second-order valence-electron chi connectivity index (χ2n) is 9.04. The van der Waals surface area contributed by atoms with Gasteiger partial charge in [-0.3, -0.25) is 14.4 Å². The van der Waals surface area contributed by atoms with Crippen molar-refractivity contribution in [2.45, 2.75) is 33.0 Å². The Kier molecular flexibility index (Phi) is 9.81. The van der Waals surface area contributed by atoms with Crippen molar-refractivity contribution in [1.29, 1.82) is 0 Å². The minimum absolute atomic E-state index is 0.00758. The van der Waals surface area contributed by atoms with E-state index in [1.54, 1.807) is 0 Å². The number of hydrogen-bond donors (Lipinski definition) is 3. The number of rotatable bonds is 10. The van der Waals surface area contributed by atoms with Gasteiger partial charge in [-0.05, 0) is 55.8 Å². The van der Waals surface area contributed by atoms with Gasteiger partial charge >= 0.3 is 6.18 Å². The zero-order chi connectivity index (χ0) is 30.4. The molecule has 0 spiro atoms. The fourth-order valence-corrected chi connectivity index (χ4v) is 3.40. The Labute approximate surface area is 235 Å². The zero-order valence-electron chi connectivity index (χ0n) is 21.5.